The monoisotopic (exact) mass is 272 g/mol. The van der Waals surface area contributed by atoms with Crippen LogP contribution < -0.4 is 11.3 Å². The first-order valence-corrected chi connectivity index (χ1v) is 6.90. The first-order chi connectivity index (χ1) is 9.37. The summed E-state index contributed by atoms with van der Waals surface area (Å²) < 4.78 is 2.10. The van der Waals surface area contributed by atoms with E-state index in [1.165, 1.54) is 17.3 Å². The highest BCUT2D eigenvalue weighted by atomic mass is 16.1. The number of aromatic amines is 1. The Kier molecular flexibility index (Phi) is 2.83. The fourth-order valence-electron chi connectivity index (χ4n) is 3.23. The number of nitrogens with one attached hydrogen (secondary N) is 1. The average Bonchev–Trinajstić information content (AvgIpc) is 2.66. The summed E-state index contributed by atoms with van der Waals surface area (Å²) in [6.45, 7) is 6.52. The molecule has 1 aliphatic carbocycles. The van der Waals surface area contributed by atoms with Gasteiger partial charge in [-0.05, 0) is 42.9 Å². The molecule has 0 saturated carbocycles. The summed E-state index contributed by atoms with van der Waals surface area (Å²) in [6, 6.07) is 5.46. The number of fused-ring (bicyclic) bond motifs is 1. The normalized spacial score (nSPS) is 20.7. The summed E-state index contributed by atoms with van der Waals surface area (Å²) in [6.07, 6.45) is 1.95. The summed E-state index contributed by atoms with van der Waals surface area (Å²) >= 11 is 0. The molecule has 0 saturated heterocycles. The molecular formula is C15H20N4O. The zero-order chi connectivity index (χ0) is 14.5. The number of aryl methyl sites for hydroxylation is 1. The first-order valence-electron chi connectivity index (χ1n) is 6.90. The molecule has 0 aromatic carbocycles. The highest BCUT2D eigenvalue weighted by Gasteiger charge is 2.33. The van der Waals surface area contributed by atoms with Crippen molar-refractivity contribution in [2.45, 2.75) is 39.7 Å². The zero-order valence-corrected chi connectivity index (χ0v) is 12.1. The molecule has 0 radical (unpaired) electrons. The van der Waals surface area contributed by atoms with E-state index < -0.39 is 0 Å². The van der Waals surface area contributed by atoms with Gasteiger partial charge in [0.05, 0.1) is 0 Å². The molecule has 3 N–H and O–H groups in total. The number of hydrogen-bond donors (Lipinski definition) is 2. The Labute approximate surface area is 117 Å². The molecule has 0 fully saturated rings. The molecule has 106 valence electrons. The molecule has 1 atom stereocenters. The van der Waals surface area contributed by atoms with Gasteiger partial charge < -0.3 is 10.3 Å². The summed E-state index contributed by atoms with van der Waals surface area (Å²) in [5.41, 5.74) is 9.82. The second kappa shape index (κ2) is 4.31. The van der Waals surface area contributed by atoms with Gasteiger partial charge in [-0.15, -0.1) is 0 Å². The smallest absolute Gasteiger partial charge is 0.264 e. The largest absolute Gasteiger partial charge is 0.324 e. The maximum Gasteiger partial charge on any atom is 0.264 e. The van der Waals surface area contributed by atoms with Crippen LogP contribution in [0.2, 0.25) is 0 Å². The predicted octanol–water partition coefficient (Wildman–Crippen LogP) is 1.84. The Balaban J connectivity index is 2.18. The highest BCUT2D eigenvalue weighted by Crippen LogP contribution is 2.41. The first kappa shape index (κ1) is 13.1. The van der Waals surface area contributed by atoms with E-state index in [9.17, 15) is 4.79 Å². The molecule has 2 aromatic rings. The molecule has 0 bridgehead atoms. The molecule has 0 amide bonds. The topological polar surface area (TPSA) is 76.7 Å². The number of nitrogens with two attached hydrogens (primary N) is 1. The quantitative estimate of drug-likeness (QED) is 0.831. The molecule has 3 rings (SSSR count). The number of rotatable bonds is 1. The van der Waals surface area contributed by atoms with Crippen LogP contribution in [0.4, 0.5) is 0 Å². The minimum Gasteiger partial charge on any atom is -0.324 e. The van der Waals surface area contributed by atoms with Crippen LogP contribution in [0.1, 0.15) is 43.3 Å². The summed E-state index contributed by atoms with van der Waals surface area (Å²) in [4.78, 5) is 11.2. The van der Waals surface area contributed by atoms with E-state index in [0.29, 0.717) is 0 Å². The van der Waals surface area contributed by atoms with Gasteiger partial charge in [-0.1, -0.05) is 13.8 Å². The highest BCUT2D eigenvalue weighted by molar-refractivity contribution is 5.40. The van der Waals surface area contributed by atoms with Crippen molar-refractivity contribution in [3.8, 4) is 5.82 Å². The van der Waals surface area contributed by atoms with Crippen LogP contribution in [-0.4, -0.2) is 14.8 Å². The molecule has 20 heavy (non-hydrogen) atoms. The van der Waals surface area contributed by atoms with Crippen molar-refractivity contribution >= 4 is 0 Å². The van der Waals surface area contributed by atoms with Crippen LogP contribution in [0.3, 0.4) is 0 Å². The molecule has 1 unspecified atom stereocenters. The van der Waals surface area contributed by atoms with Crippen molar-refractivity contribution in [2.75, 3.05) is 0 Å². The SMILES string of the molecule is Cc1cc2c(n1-c1ccc(=O)[nH]n1)CC(C)(C)CC2N. The van der Waals surface area contributed by atoms with Crippen LogP contribution in [0.25, 0.3) is 5.82 Å². The van der Waals surface area contributed by atoms with Gasteiger partial charge in [0.2, 0.25) is 0 Å². The lowest BCUT2D eigenvalue weighted by Gasteiger charge is -2.34. The van der Waals surface area contributed by atoms with E-state index >= 15 is 0 Å². The van der Waals surface area contributed by atoms with Crippen molar-refractivity contribution < 1.29 is 0 Å². The second-order valence-electron chi connectivity index (χ2n) is 6.45. The van der Waals surface area contributed by atoms with Gasteiger partial charge in [-0.25, -0.2) is 5.10 Å². The molecular weight excluding hydrogens is 252 g/mol. The van der Waals surface area contributed by atoms with E-state index in [1.807, 2.05) is 6.92 Å². The number of aromatic nitrogens is 3. The minimum absolute atomic E-state index is 0.0662. The third-order valence-corrected chi connectivity index (χ3v) is 4.03. The number of H-pyrrole nitrogens is 1. The van der Waals surface area contributed by atoms with E-state index in [-0.39, 0.29) is 17.0 Å². The third-order valence-electron chi connectivity index (χ3n) is 4.03. The lowest BCUT2D eigenvalue weighted by molar-refractivity contribution is 0.278. The number of nitrogens with zero attached hydrogens (tertiary/aromatic N) is 2. The van der Waals surface area contributed by atoms with E-state index in [4.69, 9.17) is 5.73 Å². The Morgan fingerprint density at radius 1 is 1.45 bits per heavy atom. The molecule has 2 heterocycles. The van der Waals surface area contributed by atoms with E-state index in [2.05, 4.69) is 34.7 Å². The van der Waals surface area contributed by atoms with Gasteiger partial charge in [0, 0.05) is 23.5 Å². The van der Waals surface area contributed by atoms with Gasteiger partial charge in [0.1, 0.15) is 0 Å². The fraction of sp³-hybridized carbons (Fsp3) is 0.467. The Morgan fingerprint density at radius 3 is 2.85 bits per heavy atom. The van der Waals surface area contributed by atoms with Crippen molar-refractivity contribution in [1.29, 1.82) is 0 Å². The van der Waals surface area contributed by atoms with Gasteiger partial charge in [0.15, 0.2) is 5.82 Å². The molecule has 0 aliphatic heterocycles. The van der Waals surface area contributed by atoms with Gasteiger partial charge in [0.25, 0.3) is 5.56 Å². The van der Waals surface area contributed by atoms with Gasteiger partial charge >= 0.3 is 0 Å². The second-order valence-corrected chi connectivity index (χ2v) is 6.45. The van der Waals surface area contributed by atoms with Crippen LogP contribution in [0, 0.1) is 12.3 Å². The van der Waals surface area contributed by atoms with Crippen LogP contribution in [0.5, 0.6) is 0 Å². The maximum absolute atomic E-state index is 11.2. The molecule has 1 aliphatic rings. The summed E-state index contributed by atoms with van der Waals surface area (Å²) in [5.74, 6) is 0.744. The zero-order valence-electron chi connectivity index (χ0n) is 12.1. The Morgan fingerprint density at radius 2 is 2.20 bits per heavy atom. The maximum atomic E-state index is 11.2. The Hall–Kier alpha value is -1.88. The van der Waals surface area contributed by atoms with E-state index in [0.717, 1.165) is 24.4 Å². The molecule has 0 spiro atoms. The van der Waals surface area contributed by atoms with Crippen molar-refractivity contribution in [1.82, 2.24) is 14.8 Å². The van der Waals surface area contributed by atoms with Crippen molar-refractivity contribution in [3.63, 3.8) is 0 Å². The minimum atomic E-state index is -0.190. The van der Waals surface area contributed by atoms with Crippen molar-refractivity contribution in [3.05, 3.63) is 45.5 Å². The lowest BCUT2D eigenvalue weighted by Crippen LogP contribution is -2.30. The number of hydrogen-bond acceptors (Lipinski definition) is 3. The summed E-state index contributed by atoms with van der Waals surface area (Å²) in [7, 11) is 0. The van der Waals surface area contributed by atoms with Gasteiger partial charge in [-0.2, -0.15) is 5.10 Å². The molecule has 2 aromatic heterocycles. The fourth-order valence-corrected chi connectivity index (χ4v) is 3.23. The molecule has 5 heteroatoms. The van der Waals surface area contributed by atoms with Gasteiger partial charge in [-0.3, -0.25) is 4.79 Å². The van der Waals surface area contributed by atoms with Crippen LogP contribution in [-0.2, 0) is 6.42 Å². The van der Waals surface area contributed by atoms with Crippen LogP contribution >= 0.6 is 0 Å². The average molecular weight is 272 g/mol. The molecule has 5 nitrogen and oxygen atoms in total. The summed E-state index contributed by atoms with van der Waals surface area (Å²) in [5, 5.41) is 6.64. The Bertz CT molecular complexity index is 691. The van der Waals surface area contributed by atoms with E-state index in [1.54, 1.807) is 6.07 Å². The lowest BCUT2D eigenvalue weighted by atomic mass is 9.74. The standard InChI is InChI=1S/C15H20N4O/c1-9-6-10-11(16)7-15(2,3)8-12(10)19(9)13-4-5-14(20)18-17-13/h4-6,11H,7-8,16H2,1-3H3,(H,18,20). The van der Waals surface area contributed by atoms with Crippen molar-refractivity contribution in [2.24, 2.45) is 11.1 Å². The predicted molar refractivity (Wildman–Crippen MR) is 78.0 cm³/mol. The van der Waals surface area contributed by atoms with Crippen LogP contribution in [0.15, 0.2) is 23.0 Å². The third kappa shape index (κ3) is 2.08.